The highest BCUT2D eigenvalue weighted by Crippen LogP contribution is 2.11. The number of benzene rings is 1. The Bertz CT molecular complexity index is 282. The summed E-state index contributed by atoms with van der Waals surface area (Å²) >= 11 is 0. The number of hydrogen-bond acceptors (Lipinski definition) is 3. The lowest BCUT2D eigenvalue weighted by Gasteiger charge is -2.22. The Labute approximate surface area is 104 Å². The second-order valence-corrected chi connectivity index (χ2v) is 4.57. The first kappa shape index (κ1) is 14.2. The molecule has 0 saturated carbocycles. The molecule has 3 nitrogen and oxygen atoms in total. The number of hydrogen-bond donors (Lipinski definition) is 2. The highest BCUT2D eigenvalue weighted by atomic mass is 16.5. The summed E-state index contributed by atoms with van der Waals surface area (Å²) < 4.78 is 5.14. The Kier molecular flexibility index (Phi) is 6.19. The topological polar surface area (TPSA) is 55.5 Å². The molecule has 1 aromatic carbocycles. The molecular formula is C14H23NO2. The van der Waals surface area contributed by atoms with Crippen LogP contribution in [-0.4, -0.2) is 23.9 Å². The summed E-state index contributed by atoms with van der Waals surface area (Å²) in [4.78, 5) is 0. The normalized spacial score (nSPS) is 25.6. The van der Waals surface area contributed by atoms with Crippen molar-refractivity contribution in [1.82, 2.24) is 0 Å². The Morgan fingerprint density at radius 2 is 1.94 bits per heavy atom. The van der Waals surface area contributed by atoms with E-state index in [0.717, 1.165) is 12.8 Å². The first-order valence-electron chi connectivity index (χ1n) is 6.19. The van der Waals surface area contributed by atoms with Crippen LogP contribution in [0.4, 0.5) is 0 Å². The summed E-state index contributed by atoms with van der Waals surface area (Å²) in [6.07, 6.45) is 2.06. The molecule has 0 bridgehead atoms. The fourth-order valence-corrected chi connectivity index (χ4v) is 1.63. The summed E-state index contributed by atoms with van der Waals surface area (Å²) in [5, 5.41) is 8.90. The van der Waals surface area contributed by atoms with Crippen molar-refractivity contribution in [1.29, 1.82) is 0 Å². The van der Waals surface area contributed by atoms with E-state index in [1.807, 2.05) is 44.2 Å². The zero-order valence-electron chi connectivity index (χ0n) is 10.7. The second-order valence-electron chi connectivity index (χ2n) is 4.57. The van der Waals surface area contributed by atoms with Crippen LogP contribution in [0.3, 0.4) is 0 Å². The number of ether oxygens (including phenoxy) is 1. The summed E-state index contributed by atoms with van der Waals surface area (Å²) in [7, 11) is 0. The number of rotatable bonds is 1. The fraction of sp³-hybridized carbons (Fsp3) is 0.571. The molecule has 0 aliphatic carbocycles. The minimum absolute atomic E-state index is 0.159. The molecule has 1 heterocycles. The van der Waals surface area contributed by atoms with Crippen LogP contribution >= 0.6 is 0 Å². The van der Waals surface area contributed by atoms with Gasteiger partial charge in [-0.15, -0.1) is 0 Å². The van der Waals surface area contributed by atoms with Crippen molar-refractivity contribution >= 4 is 0 Å². The average Bonchev–Trinajstić information content (AvgIpc) is 2.35. The van der Waals surface area contributed by atoms with Crippen LogP contribution in [0.1, 0.15) is 38.3 Å². The van der Waals surface area contributed by atoms with Crippen molar-refractivity contribution in [3.63, 3.8) is 0 Å². The van der Waals surface area contributed by atoms with E-state index in [9.17, 15) is 0 Å². The Morgan fingerprint density at radius 1 is 1.29 bits per heavy atom. The van der Waals surface area contributed by atoms with Gasteiger partial charge in [0.05, 0.1) is 18.8 Å². The molecule has 2 rings (SSSR count). The second kappa shape index (κ2) is 7.43. The van der Waals surface area contributed by atoms with Gasteiger partial charge in [0, 0.05) is 6.04 Å². The summed E-state index contributed by atoms with van der Waals surface area (Å²) in [5.74, 6) is 0. The number of aliphatic hydroxyl groups is 1. The third-order valence-electron chi connectivity index (χ3n) is 2.80. The largest absolute Gasteiger partial charge is 0.391 e. The molecular weight excluding hydrogens is 214 g/mol. The molecule has 0 amide bonds. The number of nitrogens with two attached hydrogens (primary N) is 1. The van der Waals surface area contributed by atoms with Crippen LogP contribution < -0.4 is 5.73 Å². The van der Waals surface area contributed by atoms with Gasteiger partial charge in [-0.05, 0) is 32.3 Å². The third kappa shape index (κ3) is 5.82. The van der Waals surface area contributed by atoms with E-state index < -0.39 is 0 Å². The fourth-order valence-electron chi connectivity index (χ4n) is 1.63. The van der Waals surface area contributed by atoms with Crippen molar-refractivity contribution < 1.29 is 9.84 Å². The monoisotopic (exact) mass is 237 g/mol. The predicted molar refractivity (Wildman–Crippen MR) is 69.7 cm³/mol. The molecule has 3 atom stereocenters. The predicted octanol–water partition coefficient (Wildman–Crippen LogP) is 2.25. The molecule has 0 aromatic heterocycles. The van der Waals surface area contributed by atoms with E-state index >= 15 is 0 Å². The lowest BCUT2D eigenvalue weighted by Crippen LogP contribution is -2.26. The lowest BCUT2D eigenvalue weighted by molar-refractivity contribution is -0.0472. The first-order chi connectivity index (χ1) is 8.09. The van der Waals surface area contributed by atoms with Crippen molar-refractivity contribution in [2.75, 3.05) is 6.61 Å². The molecule has 1 aliphatic heterocycles. The van der Waals surface area contributed by atoms with Gasteiger partial charge < -0.3 is 15.6 Å². The summed E-state index contributed by atoms with van der Waals surface area (Å²) in [5.41, 5.74) is 6.81. The zero-order valence-corrected chi connectivity index (χ0v) is 10.7. The van der Waals surface area contributed by atoms with Gasteiger partial charge in [-0.2, -0.15) is 0 Å². The Morgan fingerprint density at radius 3 is 2.29 bits per heavy atom. The summed E-state index contributed by atoms with van der Waals surface area (Å²) in [6, 6.07) is 10.2. The number of aliphatic hydroxyl groups excluding tert-OH is 1. The van der Waals surface area contributed by atoms with E-state index in [4.69, 9.17) is 15.6 Å². The molecule has 96 valence electrons. The van der Waals surface area contributed by atoms with Gasteiger partial charge in [-0.3, -0.25) is 0 Å². The molecule has 0 spiro atoms. The first-order valence-corrected chi connectivity index (χ1v) is 6.19. The third-order valence-corrected chi connectivity index (χ3v) is 2.80. The highest BCUT2D eigenvalue weighted by Gasteiger charge is 2.14. The van der Waals surface area contributed by atoms with Crippen molar-refractivity contribution in [3.8, 4) is 0 Å². The standard InChI is InChI=1S/C8H11N.C6H12O2/c1-7(9)8-5-3-2-4-6-8;1-5-2-3-6(7)4-8-5/h2-7H,9H2,1H3;5-7H,2-4H2,1H3. The zero-order chi connectivity index (χ0) is 12.7. The maximum Gasteiger partial charge on any atom is 0.0774 e. The van der Waals surface area contributed by atoms with Crippen molar-refractivity contribution in [2.24, 2.45) is 5.73 Å². The Balaban J connectivity index is 0.000000171. The van der Waals surface area contributed by atoms with Crippen molar-refractivity contribution in [3.05, 3.63) is 35.9 Å². The maximum atomic E-state index is 8.90. The van der Waals surface area contributed by atoms with Gasteiger partial charge in [0.15, 0.2) is 0 Å². The van der Waals surface area contributed by atoms with Gasteiger partial charge in [0.1, 0.15) is 0 Å². The molecule has 3 heteroatoms. The van der Waals surface area contributed by atoms with Gasteiger partial charge in [-0.1, -0.05) is 30.3 Å². The lowest BCUT2D eigenvalue weighted by atomic mass is 10.1. The van der Waals surface area contributed by atoms with Gasteiger partial charge >= 0.3 is 0 Å². The molecule has 1 saturated heterocycles. The average molecular weight is 237 g/mol. The van der Waals surface area contributed by atoms with Crippen LogP contribution in [0, 0.1) is 0 Å². The van der Waals surface area contributed by atoms with Crippen molar-refractivity contribution in [2.45, 2.75) is 44.9 Å². The van der Waals surface area contributed by atoms with E-state index in [1.54, 1.807) is 0 Å². The quantitative estimate of drug-likeness (QED) is 0.787. The van der Waals surface area contributed by atoms with Crippen LogP contribution in [0.5, 0.6) is 0 Å². The maximum absolute atomic E-state index is 8.90. The molecule has 3 unspecified atom stereocenters. The smallest absolute Gasteiger partial charge is 0.0774 e. The van der Waals surface area contributed by atoms with E-state index in [-0.39, 0.29) is 12.1 Å². The van der Waals surface area contributed by atoms with Gasteiger partial charge in [0.2, 0.25) is 0 Å². The minimum atomic E-state index is -0.203. The molecule has 1 aromatic rings. The van der Waals surface area contributed by atoms with Crippen LogP contribution in [0.15, 0.2) is 30.3 Å². The molecule has 17 heavy (non-hydrogen) atoms. The minimum Gasteiger partial charge on any atom is -0.391 e. The van der Waals surface area contributed by atoms with E-state index in [0.29, 0.717) is 12.7 Å². The summed E-state index contributed by atoms with van der Waals surface area (Å²) in [6.45, 7) is 4.54. The molecule has 1 aliphatic rings. The SMILES string of the molecule is CC(N)c1ccccc1.CC1CCC(O)CO1. The molecule has 0 radical (unpaired) electrons. The molecule has 3 N–H and O–H groups in total. The van der Waals surface area contributed by atoms with Crippen LogP contribution in [-0.2, 0) is 4.74 Å². The van der Waals surface area contributed by atoms with Crippen LogP contribution in [0.25, 0.3) is 0 Å². The highest BCUT2D eigenvalue weighted by molar-refractivity contribution is 5.17. The Hall–Kier alpha value is -0.900. The van der Waals surface area contributed by atoms with E-state index in [1.165, 1.54) is 5.56 Å². The van der Waals surface area contributed by atoms with Gasteiger partial charge in [-0.25, -0.2) is 0 Å². The van der Waals surface area contributed by atoms with Crippen LogP contribution in [0.2, 0.25) is 0 Å². The van der Waals surface area contributed by atoms with E-state index in [2.05, 4.69) is 0 Å². The van der Waals surface area contributed by atoms with Gasteiger partial charge in [0.25, 0.3) is 0 Å². The molecule has 1 fully saturated rings.